The number of hydrogen-bond acceptors (Lipinski definition) is 1. The Kier molecular flexibility index (Phi) is 3.95. The first kappa shape index (κ1) is 16.7. The second-order valence-electron chi connectivity index (χ2n) is 7.39. The van der Waals surface area contributed by atoms with Gasteiger partial charge in [0.2, 0.25) is 0 Å². The lowest BCUT2D eigenvalue weighted by atomic mass is 9.92. The van der Waals surface area contributed by atoms with Crippen molar-refractivity contribution >= 4 is 21.5 Å². The van der Waals surface area contributed by atoms with E-state index in [0.29, 0.717) is 0 Å². The Morgan fingerprint density at radius 1 is 0.571 bits per heavy atom. The number of fused-ring (bicyclic) bond motifs is 3. The molecule has 0 atom stereocenters. The van der Waals surface area contributed by atoms with Gasteiger partial charge in [-0.3, -0.25) is 4.98 Å². The molecule has 0 radical (unpaired) electrons. The SMILES string of the molecule is Cc1cccc(C)c1-c1ccc2c(ccc3c(-c4ccccc4)nccc32)c1. The minimum Gasteiger partial charge on any atom is -0.256 e. The fourth-order valence-electron chi connectivity index (χ4n) is 4.25. The Hall–Kier alpha value is -3.45. The van der Waals surface area contributed by atoms with Gasteiger partial charge in [0, 0.05) is 17.1 Å². The standard InChI is InChI=1S/C27H21N/c1-18-7-6-8-19(2)26(18)22-12-13-23-21(17-22)11-14-25-24(23)15-16-28-27(25)20-9-4-3-5-10-20/h3-17H,1-2H3. The maximum absolute atomic E-state index is 4.67. The van der Waals surface area contributed by atoms with Gasteiger partial charge in [-0.2, -0.15) is 0 Å². The summed E-state index contributed by atoms with van der Waals surface area (Å²) in [6.45, 7) is 4.37. The Labute approximate surface area is 165 Å². The molecule has 0 spiro atoms. The van der Waals surface area contributed by atoms with E-state index in [1.54, 1.807) is 0 Å². The summed E-state index contributed by atoms with van der Waals surface area (Å²) in [5.74, 6) is 0. The quantitative estimate of drug-likeness (QED) is 0.300. The van der Waals surface area contributed by atoms with Gasteiger partial charge in [0.05, 0.1) is 5.69 Å². The number of rotatable bonds is 2. The van der Waals surface area contributed by atoms with Crippen molar-refractivity contribution in [3.8, 4) is 22.4 Å². The van der Waals surface area contributed by atoms with Crippen LogP contribution in [-0.2, 0) is 0 Å². The van der Waals surface area contributed by atoms with Crippen LogP contribution < -0.4 is 0 Å². The van der Waals surface area contributed by atoms with Crippen LogP contribution in [-0.4, -0.2) is 4.98 Å². The van der Waals surface area contributed by atoms with Gasteiger partial charge < -0.3 is 0 Å². The predicted octanol–water partition coefficient (Wildman–Crippen LogP) is 7.34. The summed E-state index contributed by atoms with van der Waals surface area (Å²) in [5.41, 5.74) is 7.44. The zero-order valence-corrected chi connectivity index (χ0v) is 16.1. The van der Waals surface area contributed by atoms with Crippen molar-refractivity contribution in [1.82, 2.24) is 4.98 Å². The Morgan fingerprint density at radius 3 is 2.11 bits per heavy atom. The summed E-state index contributed by atoms with van der Waals surface area (Å²) in [6, 6.07) is 30.3. The van der Waals surface area contributed by atoms with Crippen molar-refractivity contribution < 1.29 is 0 Å². The van der Waals surface area contributed by atoms with E-state index >= 15 is 0 Å². The summed E-state index contributed by atoms with van der Waals surface area (Å²) in [5, 5.41) is 4.98. The fourth-order valence-corrected chi connectivity index (χ4v) is 4.25. The lowest BCUT2D eigenvalue weighted by Gasteiger charge is -2.13. The largest absolute Gasteiger partial charge is 0.256 e. The van der Waals surface area contributed by atoms with Crippen LogP contribution in [0, 0.1) is 13.8 Å². The average Bonchev–Trinajstić information content (AvgIpc) is 2.73. The number of hydrogen-bond donors (Lipinski definition) is 0. The monoisotopic (exact) mass is 359 g/mol. The van der Waals surface area contributed by atoms with Gasteiger partial charge in [-0.1, -0.05) is 72.8 Å². The highest BCUT2D eigenvalue weighted by atomic mass is 14.7. The van der Waals surface area contributed by atoms with Crippen LogP contribution in [0.5, 0.6) is 0 Å². The topological polar surface area (TPSA) is 12.9 Å². The molecular formula is C27H21N. The summed E-state index contributed by atoms with van der Waals surface area (Å²) in [4.78, 5) is 4.67. The van der Waals surface area contributed by atoms with Gasteiger partial charge in [-0.05, 0) is 64.4 Å². The molecule has 1 aromatic heterocycles. The van der Waals surface area contributed by atoms with E-state index in [9.17, 15) is 0 Å². The van der Waals surface area contributed by atoms with E-state index in [4.69, 9.17) is 0 Å². The van der Waals surface area contributed by atoms with Crippen molar-refractivity contribution in [3.63, 3.8) is 0 Å². The molecule has 5 aromatic rings. The average molecular weight is 359 g/mol. The third-order valence-corrected chi connectivity index (χ3v) is 5.58. The molecule has 0 aliphatic heterocycles. The van der Waals surface area contributed by atoms with Crippen molar-refractivity contribution in [3.05, 3.63) is 102 Å². The Balaban J connectivity index is 1.74. The van der Waals surface area contributed by atoms with Crippen LogP contribution in [0.15, 0.2) is 91.1 Å². The number of nitrogens with zero attached hydrogens (tertiary/aromatic N) is 1. The summed E-state index contributed by atoms with van der Waals surface area (Å²) in [7, 11) is 0. The second-order valence-corrected chi connectivity index (χ2v) is 7.39. The van der Waals surface area contributed by atoms with Crippen molar-refractivity contribution in [2.75, 3.05) is 0 Å². The molecule has 0 fully saturated rings. The first-order valence-electron chi connectivity index (χ1n) is 9.66. The van der Waals surface area contributed by atoms with Gasteiger partial charge in [-0.15, -0.1) is 0 Å². The van der Waals surface area contributed by atoms with Gasteiger partial charge in [0.15, 0.2) is 0 Å². The van der Waals surface area contributed by atoms with Crippen LogP contribution in [0.3, 0.4) is 0 Å². The van der Waals surface area contributed by atoms with E-state index in [0.717, 1.165) is 11.3 Å². The lowest BCUT2D eigenvalue weighted by molar-refractivity contribution is 1.36. The normalized spacial score (nSPS) is 11.2. The van der Waals surface area contributed by atoms with E-state index in [2.05, 4.69) is 97.7 Å². The van der Waals surface area contributed by atoms with Crippen LogP contribution >= 0.6 is 0 Å². The van der Waals surface area contributed by atoms with E-state index < -0.39 is 0 Å². The first-order valence-corrected chi connectivity index (χ1v) is 9.66. The molecule has 0 unspecified atom stereocenters. The molecule has 0 bridgehead atoms. The molecule has 1 nitrogen and oxygen atoms in total. The summed E-state index contributed by atoms with van der Waals surface area (Å²) in [6.07, 6.45) is 1.92. The zero-order chi connectivity index (χ0) is 19.1. The molecule has 1 heteroatoms. The van der Waals surface area contributed by atoms with Crippen molar-refractivity contribution in [2.45, 2.75) is 13.8 Å². The number of pyridine rings is 1. The molecule has 1 heterocycles. The Morgan fingerprint density at radius 2 is 1.32 bits per heavy atom. The summed E-state index contributed by atoms with van der Waals surface area (Å²) >= 11 is 0. The smallest absolute Gasteiger partial charge is 0.0780 e. The van der Waals surface area contributed by atoms with Gasteiger partial charge in [0.25, 0.3) is 0 Å². The maximum atomic E-state index is 4.67. The summed E-state index contributed by atoms with van der Waals surface area (Å²) < 4.78 is 0. The second kappa shape index (κ2) is 6.61. The predicted molar refractivity (Wildman–Crippen MR) is 120 cm³/mol. The molecule has 0 N–H and O–H groups in total. The van der Waals surface area contributed by atoms with Crippen LogP contribution in [0.2, 0.25) is 0 Å². The molecule has 5 rings (SSSR count). The van der Waals surface area contributed by atoms with Crippen LogP contribution in [0.25, 0.3) is 43.9 Å². The van der Waals surface area contributed by atoms with Gasteiger partial charge in [-0.25, -0.2) is 0 Å². The third kappa shape index (κ3) is 2.68. The number of aromatic nitrogens is 1. The highest BCUT2D eigenvalue weighted by molar-refractivity contribution is 6.11. The minimum absolute atomic E-state index is 1.04. The maximum Gasteiger partial charge on any atom is 0.0780 e. The highest BCUT2D eigenvalue weighted by Gasteiger charge is 2.10. The molecule has 0 saturated heterocycles. The van der Waals surface area contributed by atoms with Crippen LogP contribution in [0.1, 0.15) is 11.1 Å². The molecule has 0 amide bonds. The van der Waals surface area contributed by atoms with E-state index in [1.165, 1.54) is 43.8 Å². The molecule has 0 saturated carbocycles. The number of aryl methyl sites for hydroxylation is 2. The molecule has 134 valence electrons. The number of benzene rings is 4. The molecule has 0 aliphatic rings. The Bertz CT molecular complexity index is 1300. The van der Waals surface area contributed by atoms with Gasteiger partial charge in [0.1, 0.15) is 0 Å². The highest BCUT2D eigenvalue weighted by Crippen LogP contribution is 2.35. The minimum atomic E-state index is 1.04. The van der Waals surface area contributed by atoms with E-state index in [-0.39, 0.29) is 0 Å². The van der Waals surface area contributed by atoms with Crippen molar-refractivity contribution in [1.29, 1.82) is 0 Å². The van der Waals surface area contributed by atoms with Crippen molar-refractivity contribution in [2.24, 2.45) is 0 Å². The van der Waals surface area contributed by atoms with Gasteiger partial charge >= 0.3 is 0 Å². The fraction of sp³-hybridized carbons (Fsp3) is 0.0741. The lowest BCUT2D eigenvalue weighted by Crippen LogP contribution is -1.89. The molecule has 28 heavy (non-hydrogen) atoms. The molecule has 4 aromatic carbocycles. The van der Waals surface area contributed by atoms with E-state index in [1.807, 2.05) is 12.3 Å². The first-order chi connectivity index (χ1) is 13.7. The molecule has 0 aliphatic carbocycles. The van der Waals surface area contributed by atoms with Crippen LogP contribution in [0.4, 0.5) is 0 Å². The zero-order valence-electron chi connectivity index (χ0n) is 16.1. The third-order valence-electron chi connectivity index (χ3n) is 5.58. The molecular weight excluding hydrogens is 338 g/mol.